The molecule has 1 saturated heterocycles. The molecule has 1 fully saturated rings. The van der Waals surface area contributed by atoms with Gasteiger partial charge in [-0.1, -0.05) is 6.92 Å². The summed E-state index contributed by atoms with van der Waals surface area (Å²) in [5.41, 5.74) is 1.20. The Bertz CT molecular complexity index is 370. The van der Waals surface area contributed by atoms with Gasteiger partial charge in [-0.25, -0.2) is 0 Å². The van der Waals surface area contributed by atoms with E-state index in [1.165, 1.54) is 5.56 Å². The van der Waals surface area contributed by atoms with Gasteiger partial charge >= 0.3 is 0 Å². The first-order chi connectivity index (χ1) is 8.79. The van der Waals surface area contributed by atoms with Gasteiger partial charge in [0.2, 0.25) is 0 Å². The van der Waals surface area contributed by atoms with Crippen molar-refractivity contribution in [2.75, 3.05) is 26.4 Å². The molecule has 2 atom stereocenters. The summed E-state index contributed by atoms with van der Waals surface area (Å²) in [7, 11) is 0. The molecule has 0 bridgehead atoms. The molecule has 1 N–H and O–H groups in total. The summed E-state index contributed by atoms with van der Waals surface area (Å²) in [6, 6.07) is 2.37. The van der Waals surface area contributed by atoms with Crippen molar-refractivity contribution in [2.45, 2.75) is 25.5 Å². The molecular weight excluding hydrogens is 296 g/mol. The monoisotopic (exact) mass is 314 g/mol. The van der Waals surface area contributed by atoms with Crippen LogP contribution in [0.2, 0.25) is 0 Å². The predicted octanol–water partition coefficient (Wildman–Crippen LogP) is 1.78. The fraction of sp³-hybridized carbons (Fsp3) is 0.615. The van der Waals surface area contributed by atoms with Crippen LogP contribution in [0.15, 0.2) is 22.9 Å². The highest BCUT2D eigenvalue weighted by molar-refractivity contribution is 9.10. The van der Waals surface area contributed by atoms with Crippen LogP contribution in [0.1, 0.15) is 12.5 Å². The number of rotatable bonds is 5. The molecule has 1 aromatic rings. The van der Waals surface area contributed by atoms with E-state index >= 15 is 0 Å². The fourth-order valence-electron chi connectivity index (χ4n) is 2.16. The molecule has 100 valence electrons. The molecule has 2 heterocycles. The summed E-state index contributed by atoms with van der Waals surface area (Å²) in [6.07, 6.45) is 4.72. The van der Waals surface area contributed by atoms with Gasteiger partial charge in [-0.05, 0) is 40.5 Å². The van der Waals surface area contributed by atoms with Crippen molar-refractivity contribution in [3.05, 3.63) is 28.5 Å². The zero-order valence-electron chi connectivity index (χ0n) is 10.6. The molecule has 2 unspecified atom stereocenters. The smallest absolute Gasteiger partial charge is 0.0965 e. The first-order valence-electron chi connectivity index (χ1n) is 6.31. The minimum Gasteiger partial charge on any atom is -0.376 e. The second-order valence-corrected chi connectivity index (χ2v) is 5.28. The number of hydrogen-bond acceptors (Lipinski definition) is 4. The Morgan fingerprint density at radius 2 is 2.39 bits per heavy atom. The van der Waals surface area contributed by atoms with E-state index in [0.717, 1.165) is 17.4 Å². The van der Waals surface area contributed by atoms with Crippen LogP contribution in [0.5, 0.6) is 0 Å². The lowest BCUT2D eigenvalue weighted by Crippen LogP contribution is -2.47. The number of nitrogens with zero attached hydrogens (tertiary/aromatic N) is 1. The van der Waals surface area contributed by atoms with Crippen LogP contribution in [0, 0.1) is 0 Å². The second-order valence-electron chi connectivity index (χ2n) is 4.36. The van der Waals surface area contributed by atoms with Crippen LogP contribution in [-0.2, 0) is 15.9 Å². The largest absolute Gasteiger partial charge is 0.376 e. The molecule has 0 radical (unpaired) electrons. The Hall–Kier alpha value is -0.490. The number of aromatic nitrogens is 1. The van der Waals surface area contributed by atoms with E-state index in [0.29, 0.717) is 19.8 Å². The summed E-state index contributed by atoms with van der Waals surface area (Å²) in [4.78, 5) is 4.20. The van der Waals surface area contributed by atoms with Gasteiger partial charge in [0.05, 0.1) is 25.9 Å². The van der Waals surface area contributed by atoms with E-state index in [-0.39, 0.29) is 12.1 Å². The number of ether oxygens (including phenoxy) is 2. The third-order valence-electron chi connectivity index (χ3n) is 2.97. The lowest BCUT2D eigenvalue weighted by atomic mass is 10.0. The molecule has 0 aliphatic carbocycles. The normalized spacial score (nSPS) is 21.8. The van der Waals surface area contributed by atoms with E-state index in [1.807, 2.05) is 6.20 Å². The predicted molar refractivity (Wildman–Crippen MR) is 73.7 cm³/mol. The summed E-state index contributed by atoms with van der Waals surface area (Å²) in [5.74, 6) is 0. The Labute approximate surface area is 116 Å². The molecular formula is C13H19BrN2O2. The van der Waals surface area contributed by atoms with Gasteiger partial charge in [0.15, 0.2) is 0 Å². The van der Waals surface area contributed by atoms with E-state index in [1.54, 1.807) is 6.20 Å². The standard InChI is InChI=1S/C13H19BrN2O2/c1-2-16-12(13-9-17-3-4-18-13)6-10-5-11(14)8-15-7-10/h5,7-8,12-13,16H,2-4,6,9H2,1H3. The van der Waals surface area contributed by atoms with Gasteiger partial charge in [0.1, 0.15) is 0 Å². The second kappa shape index (κ2) is 7.19. The van der Waals surface area contributed by atoms with Crippen molar-refractivity contribution < 1.29 is 9.47 Å². The van der Waals surface area contributed by atoms with E-state index in [2.05, 4.69) is 39.2 Å². The van der Waals surface area contributed by atoms with Crippen molar-refractivity contribution in [1.82, 2.24) is 10.3 Å². The lowest BCUT2D eigenvalue weighted by molar-refractivity contribution is -0.101. The fourth-order valence-corrected chi connectivity index (χ4v) is 2.57. The number of pyridine rings is 1. The Morgan fingerprint density at radius 1 is 1.50 bits per heavy atom. The van der Waals surface area contributed by atoms with Gasteiger partial charge in [0, 0.05) is 22.9 Å². The topological polar surface area (TPSA) is 43.4 Å². The first kappa shape index (κ1) is 13.9. The highest BCUT2D eigenvalue weighted by Crippen LogP contribution is 2.15. The maximum absolute atomic E-state index is 5.78. The third kappa shape index (κ3) is 4.02. The highest BCUT2D eigenvalue weighted by atomic mass is 79.9. The van der Waals surface area contributed by atoms with Gasteiger partial charge in [-0.15, -0.1) is 0 Å². The maximum Gasteiger partial charge on any atom is 0.0965 e. The molecule has 18 heavy (non-hydrogen) atoms. The van der Waals surface area contributed by atoms with Crippen LogP contribution in [0.3, 0.4) is 0 Å². The zero-order chi connectivity index (χ0) is 12.8. The minimum atomic E-state index is 0.123. The molecule has 1 aliphatic rings. The summed E-state index contributed by atoms with van der Waals surface area (Å²) in [5, 5.41) is 3.47. The van der Waals surface area contributed by atoms with E-state index in [4.69, 9.17) is 9.47 Å². The molecule has 0 saturated carbocycles. The maximum atomic E-state index is 5.78. The molecule has 1 aromatic heterocycles. The number of hydrogen-bond donors (Lipinski definition) is 1. The van der Waals surface area contributed by atoms with Crippen LogP contribution >= 0.6 is 15.9 Å². The quantitative estimate of drug-likeness (QED) is 0.899. The van der Waals surface area contributed by atoms with Crippen LogP contribution in [0.4, 0.5) is 0 Å². The van der Waals surface area contributed by atoms with E-state index < -0.39 is 0 Å². The van der Waals surface area contributed by atoms with Gasteiger partial charge in [-0.2, -0.15) is 0 Å². The molecule has 1 aliphatic heterocycles. The van der Waals surface area contributed by atoms with Gasteiger partial charge in [-0.3, -0.25) is 4.98 Å². The first-order valence-corrected chi connectivity index (χ1v) is 7.11. The zero-order valence-corrected chi connectivity index (χ0v) is 12.1. The summed E-state index contributed by atoms with van der Waals surface area (Å²) in [6.45, 7) is 5.08. The average molecular weight is 315 g/mol. The summed E-state index contributed by atoms with van der Waals surface area (Å²) < 4.78 is 12.3. The third-order valence-corrected chi connectivity index (χ3v) is 3.41. The minimum absolute atomic E-state index is 0.123. The number of likely N-dealkylation sites (N-methyl/N-ethyl adjacent to an activating group) is 1. The van der Waals surface area contributed by atoms with Crippen molar-refractivity contribution in [1.29, 1.82) is 0 Å². The van der Waals surface area contributed by atoms with Gasteiger partial charge < -0.3 is 14.8 Å². The highest BCUT2D eigenvalue weighted by Gasteiger charge is 2.24. The number of halogens is 1. The average Bonchev–Trinajstić information content (AvgIpc) is 2.39. The van der Waals surface area contributed by atoms with E-state index in [9.17, 15) is 0 Å². The molecule has 0 spiro atoms. The Balaban J connectivity index is 2.00. The SMILES string of the molecule is CCNC(Cc1cncc(Br)c1)C1COCCO1. The number of nitrogens with one attached hydrogen (secondary N) is 1. The molecule has 0 aromatic carbocycles. The van der Waals surface area contributed by atoms with Crippen molar-refractivity contribution >= 4 is 15.9 Å². The van der Waals surface area contributed by atoms with Gasteiger partial charge in [0.25, 0.3) is 0 Å². The van der Waals surface area contributed by atoms with Crippen molar-refractivity contribution in [3.63, 3.8) is 0 Å². The van der Waals surface area contributed by atoms with Crippen LogP contribution < -0.4 is 5.32 Å². The lowest BCUT2D eigenvalue weighted by Gasteiger charge is -2.31. The molecule has 0 amide bonds. The summed E-state index contributed by atoms with van der Waals surface area (Å²) >= 11 is 3.45. The Morgan fingerprint density at radius 3 is 3.06 bits per heavy atom. The van der Waals surface area contributed by atoms with Crippen LogP contribution in [0.25, 0.3) is 0 Å². The molecule has 5 heteroatoms. The van der Waals surface area contributed by atoms with Crippen molar-refractivity contribution in [2.24, 2.45) is 0 Å². The molecule has 4 nitrogen and oxygen atoms in total. The molecule has 2 rings (SSSR count). The van der Waals surface area contributed by atoms with Crippen LogP contribution in [-0.4, -0.2) is 43.5 Å². The van der Waals surface area contributed by atoms with Crippen molar-refractivity contribution in [3.8, 4) is 0 Å². The Kier molecular flexibility index (Phi) is 5.56.